The molecule has 0 fully saturated rings. The first-order valence-corrected chi connectivity index (χ1v) is 13.0. The van der Waals surface area contributed by atoms with E-state index in [1.165, 1.54) is 11.1 Å². The second-order valence-corrected chi connectivity index (χ2v) is 10.0. The van der Waals surface area contributed by atoms with Gasteiger partial charge in [0.1, 0.15) is 12.0 Å². The zero-order chi connectivity index (χ0) is 26.3. The van der Waals surface area contributed by atoms with E-state index in [1.54, 1.807) is 0 Å². The van der Waals surface area contributed by atoms with Crippen molar-refractivity contribution >= 4 is 40.6 Å². The first-order chi connectivity index (χ1) is 16.6. The van der Waals surface area contributed by atoms with Crippen LogP contribution in [0.1, 0.15) is 81.7 Å². The van der Waals surface area contributed by atoms with E-state index < -0.39 is 0 Å². The summed E-state index contributed by atoms with van der Waals surface area (Å²) in [5, 5.41) is 1.50. The summed E-state index contributed by atoms with van der Waals surface area (Å²) < 4.78 is 6.04. The van der Waals surface area contributed by atoms with Crippen molar-refractivity contribution in [3.8, 4) is 5.75 Å². The first-order valence-electron chi connectivity index (χ1n) is 12.2. The fraction of sp³-hybridized carbons (Fsp3) is 0.387. The summed E-state index contributed by atoms with van der Waals surface area (Å²) in [6, 6.07) is 7.94. The lowest BCUT2D eigenvalue weighted by Gasteiger charge is -2.21. The van der Waals surface area contributed by atoms with Crippen LogP contribution in [0.5, 0.6) is 5.75 Å². The number of halogens is 2. The van der Waals surface area contributed by atoms with Gasteiger partial charge in [0, 0.05) is 15.6 Å². The largest absolute Gasteiger partial charge is 0.494 e. The van der Waals surface area contributed by atoms with E-state index in [2.05, 4.69) is 39.8 Å². The van der Waals surface area contributed by atoms with Gasteiger partial charge >= 0.3 is 0 Å². The van der Waals surface area contributed by atoms with E-state index in [-0.39, 0.29) is 0 Å². The van der Waals surface area contributed by atoms with Gasteiger partial charge < -0.3 is 4.74 Å². The van der Waals surface area contributed by atoms with Crippen molar-refractivity contribution in [1.82, 2.24) is 0 Å². The minimum Gasteiger partial charge on any atom is -0.494 e. The normalized spacial score (nSPS) is 12.3. The smallest absolute Gasteiger partial charge is 0.146 e. The molecule has 0 aliphatic rings. The van der Waals surface area contributed by atoms with Gasteiger partial charge in [0.2, 0.25) is 0 Å². The van der Waals surface area contributed by atoms with Gasteiger partial charge in [-0.25, -0.2) is 0 Å². The van der Waals surface area contributed by atoms with Crippen LogP contribution in [0, 0.1) is 20.8 Å². The highest BCUT2D eigenvalue weighted by Crippen LogP contribution is 2.39. The Bertz CT molecular complexity index is 1160. The van der Waals surface area contributed by atoms with Crippen LogP contribution in [0.15, 0.2) is 47.1 Å². The van der Waals surface area contributed by atoms with Crippen molar-refractivity contribution in [1.29, 1.82) is 0 Å². The van der Waals surface area contributed by atoms with Crippen LogP contribution >= 0.6 is 23.2 Å². The van der Waals surface area contributed by atoms with Crippen molar-refractivity contribution in [2.24, 2.45) is 0 Å². The lowest BCUT2D eigenvalue weighted by Crippen LogP contribution is -2.04. The molecule has 0 saturated carbocycles. The maximum atomic E-state index is 12.0. The Labute approximate surface area is 221 Å². The molecule has 0 bridgehead atoms. The molecular formula is C31H38Cl2O2. The minimum absolute atomic E-state index is 0.552. The van der Waals surface area contributed by atoms with Crippen molar-refractivity contribution in [2.75, 3.05) is 6.61 Å². The lowest BCUT2D eigenvalue weighted by atomic mass is 9.85. The molecule has 0 aliphatic heterocycles. The SMILES string of the molecule is C/C=C(/C)C(=C(C)C)c1c(Cl)ccc(/C(CCCOc2cc(C)c(Cl)c(C)c2)=C(/C=O)CC)c1C. The monoisotopic (exact) mass is 512 g/mol. The number of hydrogen-bond donors (Lipinski definition) is 0. The van der Waals surface area contributed by atoms with Gasteiger partial charge in [0.05, 0.1) is 6.61 Å². The molecule has 0 atom stereocenters. The third kappa shape index (κ3) is 6.90. The number of ether oxygens (including phenoxy) is 1. The molecule has 0 unspecified atom stereocenters. The molecule has 2 aromatic rings. The van der Waals surface area contributed by atoms with E-state index in [1.807, 2.05) is 45.9 Å². The lowest BCUT2D eigenvalue weighted by molar-refractivity contribution is -0.105. The fourth-order valence-electron chi connectivity index (χ4n) is 4.56. The Morgan fingerprint density at radius 2 is 1.66 bits per heavy atom. The van der Waals surface area contributed by atoms with Crippen molar-refractivity contribution in [3.05, 3.63) is 84.9 Å². The Kier molecular flexibility index (Phi) is 10.9. The highest BCUT2D eigenvalue weighted by atomic mass is 35.5. The predicted octanol–water partition coefficient (Wildman–Crippen LogP) is 9.90. The summed E-state index contributed by atoms with van der Waals surface area (Å²) in [5.74, 6) is 0.820. The van der Waals surface area contributed by atoms with Crippen LogP contribution in [0.4, 0.5) is 0 Å². The maximum Gasteiger partial charge on any atom is 0.146 e. The third-order valence-electron chi connectivity index (χ3n) is 6.48. The zero-order valence-electron chi connectivity index (χ0n) is 22.4. The molecule has 0 saturated heterocycles. The molecule has 0 spiro atoms. The number of aldehydes is 1. The third-order valence-corrected chi connectivity index (χ3v) is 7.39. The highest BCUT2D eigenvalue weighted by molar-refractivity contribution is 6.33. The highest BCUT2D eigenvalue weighted by Gasteiger charge is 2.19. The second-order valence-electron chi connectivity index (χ2n) is 9.24. The summed E-state index contributed by atoms with van der Waals surface area (Å²) in [7, 11) is 0. The molecule has 0 aliphatic carbocycles. The van der Waals surface area contributed by atoms with Gasteiger partial charge in [-0.05, 0) is 130 Å². The quantitative estimate of drug-likeness (QED) is 0.137. The van der Waals surface area contributed by atoms with E-state index in [0.29, 0.717) is 13.0 Å². The maximum absolute atomic E-state index is 12.0. The van der Waals surface area contributed by atoms with Crippen LogP contribution in [0.2, 0.25) is 10.0 Å². The van der Waals surface area contributed by atoms with Crippen molar-refractivity contribution < 1.29 is 9.53 Å². The number of rotatable bonds is 10. The number of benzene rings is 2. The van der Waals surface area contributed by atoms with Crippen LogP contribution < -0.4 is 4.74 Å². The Morgan fingerprint density at radius 3 is 2.17 bits per heavy atom. The average Bonchev–Trinajstić information content (AvgIpc) is 2.81. The van der Waals surface area contributed by atoms with Gasteiger partial charge in [-0.1, -0.05) is 47.8 Å². The molecule has 4 heteroatoms. The standard InChI is InChI=1S/C31H38Cl2O2/c1-9-20(5)29(19(3)4)30-23(8)26(13-14-28(30)32)27(24(10-2)18-34)12-11-15-35-25-16-21(6)31(33)22(7)17-25/h9,13-14,16-18H,10-12,15H2,1-8H3/b20-9-,27-24+. The number of aryl methyl sites for hydroxylation is 2. The van der Waals surface area contributed by atoms with Crippen LogP contribution in [-0.4, -0.2) is 12.9 Å². The predicted molar refractivity (Wildman–Crippen MR) is 153 cm³/mol. The van der Waals surface area contributed by atoms with Crippen molar-refractivity contribution in [3.63, 3.8) is 0 Å². The summed E-state index contributed by atoms with van der Waals surface area (Å²) in [4.78, 5) is 12.0. The molecule has 0 radical (unpaired) electrons. The van der Waals surface area contributed by atoms with E-state index in [4.69, 9.17) is 27.9 Å². The van der Waals surface area contributed by atoms with Gasteiger partial charge in [-0.3, -0.25) is 4.79 Å². The van der Waals surface area contributed by atoms with Gasteiger partial charge in [-0.2, -0.15) is 0 Å². The Hall–Kier alpha value is -2.29. The number of carbonyl (C=O) groups is 1. The molecule has 35 heavy (non-hydrogen) atoms. The molecule has 2 nitrogen and oxygen atoms in total. The summed E-state index contributed by atoms with van der Waals surface area (Å²) in [5.41, 5.74) is 10.7. The molecule has 188 valence electrons. The van der Waals surface area contributed by atoms with Crippen molar-refractivity contribution in [2.45, 2.75) is 74.7 Å². The van der Waals surface area contributed by atoms with Crippen LogP contribution in [-0.2, 0) is 4.79 Å². The van der Waals surface area contributed by atoms with Crippen LogP contribution in [0.3, 0.4) is 0 Å². The molecule has 0 amide bonds. The first kappa shape index (κ1) is 28.9. The van der Waals surface area contributed by atoms with Gasteiger partial charge in [0.25, 0.3) is 0 Å². The Morgan fingerprint density at radius 1 is 1.03 bits per heavy atom. The number of allylic oxidation sites excluding steroid dienone is 6. The molecule has 2 aromatic carbocycles. The molecular weight excluding hydrogens is 475 g/mol. The second kappa shape index (κ2) is 13.1. The van der Waals surface area contributed by atoms with E-state index >= 15 is 0 Å². The molecule has 0 heterocycles. The van der Waals surface area contributed by atoms with Crippen LogP contribution in [0.25, 0.3) is 11.1 Å². The molecule has 0 N–H and O–H groups in total. The average molecular weight is 514 g/mol. The topological polar surface area (TPSA) is 26.3 Å². The van der Waals surface area contributed by atoms with Gasteiger partial charge in [0.15, 0.2) is 0 Å². The summed E-state index contributed by atoms with van der Waals surface area (Å²) >= 11 is 13.0. The number of hydrogen-bond acceptors (Lipinski definition) is 2. The van der Waals surface area contributed by atoms with E-state index in [0.717, 1.165) is 79.5 Å². The summed E-state index contributed by atoms with van der Waals surface area (Å²) in [6.07, 6.45) is 5.31. The minimum atomic E-state index is 0.552. The van der Waals surface area contributed by atoms with Gasteiger partial charge in [-0.15, -0.1) is 0 Å². The fourth-order valence-corrected chi connectivity index (χ4v) is 4.97. The molecule has 2 rings (SSSR count). The zero-order valence-corrected chi connectivity index (χ0v) is 23.9. The Balaban J connectivity index is 2.42. The molecule has 0 aromatic heterocycles. The number of carbonyl (C=O) groups excluding carboxylic acids is 1. The summed E-state index contributed by atoms with van der Waals surface area (Å²) in [6.45, 7) is 17.0. The van der Waals surface area contributed by atoms with E-state index in [9.17, 15) is 4.79 Å².